The van der Waals surface area contributed by atoms with E-state index in [1.165, 1.54) is 16.8 Å². The Labute approximate surface area is 157 Å². The molecule has 0 radical (unpaired) electrons. The number of rotatable bonds is 7. The summed E-state index contributed by atoms with van der Waals surface area (Å²) in [5, 5.41) is 0. The third-order valence-electron chi connectivity index (χ3n) is 5.24. The van der Waals surface area contributed by atoms with Crippen molar-refractivity contribution in [3.63, 3.8) is 0 Å². The molecule has 1 N–H and O–H groups in total. The molecular formula is C21H28N2O2S. The molecule has 0 saturated carbocycles. The first kappa shape index (κ1) is 18.9. The Bertz CT molecular complexity index is 834. The van der Waals surface area contributed by atoms with E-state index >= 15 is 0 Å². The third-order valence-corrected chi connectivity index (χ3v) is 6.58. The van der Waals surface area contributed by atoms with Crippen LogP contribution in [0.4, 0.5) is 5.69 Å². The minimum Gasteiger partial charge on any atom is -0.371 e. The molecule has 1 saturated heterocycles. The van der Waals surface area contributed by atoms with Gasteiger partial charge in [-0.15, -0.1) is 0 Å². The zero-order valence-corrected chi connectivity index (χ0v) is 16.4. The molecule has 5 heteroatoms. The largest absolute Gasteiger partial charge is 0.371 e. The first-order valence-corrected chi connectivity index (χ1v) is 10.9. The van der Waals surface area contributed by atoms with E-state index in [9.17, 15) is 8.42 Å². The van der Waals surface area contributed by atoms with E-state index in [2.05, 4.69) is 41.7 Å². The number of hydrogen-bond donors (Lipinski definition) is 1. The average Bonchev–Trinajstić information content (AvgIpc) is 3.11. The smallest absolute Gasteiger partial charge is 0.211 e. The van der Waals surface area contributed by atoms with Gasteiger partial charge in [0.05, 0.1) is 5.75 Å². The first-order chi connectivity index (χ1) is 12.4. The molecular weight excluding hydrogens is 344 g/mol. The summed E-state index contributed by atoms with van der Waals surface area (Å²) in [6, 6.07) is 16.3. The van der Waals surface area contributed by atoms with Gasteiger partial charge in [0.25, 0.3) is 0 Å². The van der Waals surface area contributed by atoms with E-state index in [1.807, 2.05) is 30.3 Å². The first-order valence-electron chi connectivity index (χ1n) is 9.26. The average molecular weight is 373 g/mol. The maximum absolute atomic E-state index is 12.3. The van der Waals surface area contributed by atoms with E-state index in [1.54, 1.807) is 0 Å². The van der Waals surface area contributed by atoms with Crippen molar-refractivity contribution in [2.24, 2.45) is 5.92 Å². The summed E-state index contributed by atoms with van der Waals surface area (Å²) in [6.45, 7) is 6.67. The summed E-state index contributed by atoms with van der Waals surface area (Å²) in [5.41, 5.74) is 4.89. The molecule has 2 aromatic rings. The van der Waals surface area contributed by atoms with Gasteiger partial charge in [0.1, 0.15) is 0 Å². The summed E-state index contributed by atoms with van der Waals surface area (Å²) >= 11 is 0. The SMILES string of the molecule is Cc1ccc(N2CCC(CNS(=O)(=O)CCc3ccccc3)C2)cc1C. The topological polar surface area (TPSA) is 49.4 Å². The monoisotopic (exact) mass is 372 g/mol. The summed E-state index contributed by atoms with van der Waals surface area (Å²) in [4.78, 5) is 2.36. The molecule has 26 heavy (non-hydrogen) atoms. The van der Waals surface area contributed by atoms with E-state index < -0.39 is 10.0 Å². The van der Waals surface area contributed by atoms with Gasteiger partial charge in [-0.1, -0.05) is 36.4 Å². The van der Waals surface area contributed by atoms with Gasteiger partial charge in [-0.3, -0.25) is 0 Å². The quantitative estimate of drug-likeness (QED) is 0.811. The number of anilines is 1. The third kappa shape index (κ3) is 5.08. The Hall–Kier alpha value is -1.85. The molecule has 1 aliphatic heterocycles. The Morgan fingerprint density at radius 2 is 1.85 bits per heavy atom. The lowest BCUT2D eigenvalue weighted by Crippen LogP contribution is -2.33. The van der Waals surface area contributed by atoms with Crippen LogP contribution in [0.5, 0.6) is 0 Å². The molecule has 1 atom stereocenters. The molecule has 1 heterocycles. The lowest BCUT2D eigenvalue weighted by Gasteiger charge is -2.20. The van der Waals surface area contributed by atoms with E-state index in [0.717, 1.165) is 25.1 Å². The molecule has 0 aromatic heterocycles. The Balaban J connectivity index is 1.48. The molecule has 4 nitrogen and oxygen atoms in total. The van der Waals surface area contributed by atoms with Gasteiger partial charge in [-0.05, 0) is 61.4 Å². The van der Waals surface area contributed by atoms with Crippen LogP contribution < -0.4 is 9.62 Å². The fraction of sp³-hybridized carbons (Fsp3) is 0.429. The highest BCUT2D eigenvalue weighted by Gasteiger charge is 2.24. The van der Waals surface area contributed by atoms with Gasteiger partial charge in [0.2, 0.25) is 10.0 Å². The second-order valence-electron chi connectivity index (χ2n) is 7.27. The molecule has 0 amide bonds. The molecule has 1 unspecified atom stereocenters. The van der Waals surface area contributed by atoms with E-state index in [0.29, 0.717) is 18.9 Å². The lowest BCUT2D eigenvalue weighted by atomic mass is 10.1. The molecule has 0 aliphatic carbocycles. The van der Waals surface area contributed by atoms with E-state index in [4.69, 9.17) is 0 Å². The Kier molecular flexibility index (Phi) is 5.99. The Morgan fingerprint density at radius 1 is 1.08 bits per heavy atom. The number of nitrogens with one attached hydrogen (secondary N) is 1. The molecule has 2 aromatic carbocycles. The summed E-state index contributed by atoms with van der Waals surface area (Å²) in [5.74, 6) is 0.507. The number of hydrogen-bond acceptors (Lipinski definition) is 3. The number of aryl methyl sites for hydroxylation is 3. The van der Waals surface area contributed by atoms with Crippen molar-refractivity contribution >= 4 is 15.7 Å². The van der Waals surface area contributed by atoms with Gasteiger partial charge in [0, 0.05) is 25.3 Å². The van der Waals surface area contributed by atoms with Gasteiger partial charge in [-0.2, -0.15) is 0 Å². The molecule has 0 spiro atoms. The summed E-state index contributed by atoms with van der Waals surface area (Å²) < 4.78 is 27.3. The van der Waals surface area contributed by atoms with Crippen LogP contribution in [0.15, 0.2) is 48.5 Å². The van der Waals surface area contributed by atoms with Crippen molar-refractivity contribution in [1.29, 1.82) is 0 Å². The van der Waals surface area contributed by atoms with Crippen LogP contribution in [0, 0.1) is 19.8 Å². The molecule has 1 aliphatic rings. The lowest BCUT2D eigenvalue weighted by molar-refractivity contribution is 0.541. The molecule has 0 bridgehead atoms. The molecule has 140 valence electrons. The van der Waals surface area contributed by atoms with Crippen LogP contribution in [0.3, 0.4) is 0 Å². The number of benzene rings is 2. The fourth-order valence-electron chi connectivity index (χ4n) is 3.37. The zero-order valence-electron chi connectivity index (χ0n) is 15.6. The predicted octanol–water partition coefficient (Wildman–Crippen LogP) is 3.29. The van der Waals surface area contributed by atoms with Crippen LogP contribution in [0.25, 0.3) is 0 Å². The maximum Gasteiger partial charge on any atom is 0.211 e. The van der Waals surface area contributed by atoms with Crippen LogP contribution in [-0.4, -0.2) is 33.8 Å². The summed E-state index contributed by atoms with van der Waals surface area (Å²) in [7, 11) is -3.23. The van der Waals surface area contributed by atoms with Gasteiger partial charge < -0.3 is 4.90 Å². The summed E-state index contributed by atoms with van der Waals surface area (Å²) in [6.07, 6.45) is 1.57. The van der Waals surface area contributed by atoms with Crippen LogP contribution in [-0.2, 0) is 16.4 Å². The number of sulfonamides is 1. The van der Waals surface area contributed by atoms with Gasteiger partial charge in [0.15, 0.2) is 0 Å². The highest BCUT2D eigenvalue weighted by Crippen LogP contribution is 2.25. The van der Waals surface area contributed by atoms with Crippen molar-refractivity contribution in [2.75, 3.05) is 30.3 Å². The van der Waals surface area contributed by atoms with Crippen molar-refractivity contribution in [3.8, 4) is 0 Å². The molecule has 1 fully saturated rings. The van der Waals surface area contributed by atoms with Crippen molar-refractivity contribution in [2.45, 2.75) is 26.7 Å². The van der Waals surface area contributed by atoms with Gasteiger partial charge in [-0.25, -0.2) is 13.1 Å². The predicted molar refractivity (Wildman–Crippen MR) is 108 cm³/mol. The second-order valence-corrected chi connectivity index (χ2v) is 9.20. The van der Waals surface area contributed by atoms with Crippen molar-refractivity contribution in [1.82, 2.24) is 4.72 Å². The van der Waals surface area contributed by atoms with Crippen LogP contribution in [0.1, 0.15) is 23.1 Å². The minimum absolute atomic E-state index is 0.143. The highest BCUT2D eigenvalue weighted by molar-refractivity contribution is 7.89. The second kappa shape index (κ2) is 8.23. The fourth-order valence-corrected chi connectivity index (χ4v) is 4.51. The van der Waals surface area contributed by atoms with E-state index in [-0.39, 0.29) is 5.75 Å². The number of nitrogens with zero attached hydrogens (tertiary/aromatic N) is 1. The van der Waals surface area contributed by atoms with Crippen molar-refractivity contribution < 1.29 is 8.42 Å². The highest BCUT2D eigenvalue weighted by atomic mass is 32.2. The van der Waals surface area contributed by atoms with Crippen LogP contribution in [0.2, 0.25) is 0 Å². The minimum atomic E-state index is -3.23. The standard InChI is InChI=1S/C21H28N2O2S/c1-17-8-9-21(14-18(17)2)23-12-10-20(16-23)15-22-26(24,25)13-11-19-6-4-3-5-7-19/h3-9,14,20,22H,10-13,15-16H2,1-2H3. The molecule has 3 rings (SSSR count). The van der Waals surface area contributed by atoms with Crippen LogP contribution >= 0.6 is 0 Å². The maximum atomic E-state index is 12.3. The van der Waals surface area contributed by atoms with Crippen molar-refractivity contribution in [3.05, 3.63) is 65.2 Å². The zero-order chi connectivity index (χ0) is 18.6. The van der Waals surface area contributed by atoms with Gasteiger partial charge >= 0.3 is 0 Å². The normalized spacial score (nSPS) is 17.6. The Morgan fingerprint density at radius 3 is 2.58 bits per heavy atom.